The van der Waals surface area contributed by atoms with Gasteiger partial charge < -0.3 is 4.90 Å². The maximum atomic E-state index is 4.55. The molecule has 30 heavy (non-hydrogen) atoms. The van der Waals surface area contributed by atoms with Crippen LogP contribution in [0.5, 0.6) is 0 Å². The smallest absolute Gasteiger partial charge is 0.174 e. The lowest BCUT2D eigenvalue weighted by molar-refractivity contribution is 0.200. The third-order valence-corrected chi connectivity index (χ3v) is 7.56. The van der Waals surface area contributed by atoms with E-state index in [1.165, 1.54) is 47.4 Å². The topological polar surface area (TPSA) is 50.1 Å². The highest BCUT2D eigenvalue weighted by Gasteiger charge is 2.33. The lowest BCUT2D eigenvalue weighted by Gasteiger charge is -2.40. The number of hydrogen-bond donors (Lipinski definition) is 0. The van der Waals surface area contributed by atoms with Crippen LogP contribution in [-0.4, -0.2) is 51.3 Å². The van der Waals surface area contributed by atoms with E-state index in [1.807, 2.05) is 11.3 Å². The maximum absolute atomic E-state index is 4.55. The molecule has 6 nitrogen and oxygen atoms in total. The number of aromatic nitrogens is 4. The van der Waals surface area contributed by atoms with Crippen molar-refractivity contribution in [3.63, 3.8) is 0 Å². The van der Waals surface area contributed by atoms with E-state index in [0.717, 1.165) is 32.0 Å². The van der Waals surface area contributed by atoms with Crippen molar-refractivity contribution in [3.8, 4) is 0 Å². The molecule has 2 aliphatic rings. The fraction of sp³-hybridized carbons (Fsp3) is 0.522. The molecular weight excluding hydrogens is 392 g/mol. The number of benzene rings is 1. The number of aryl methyl sites for hydroxylation is 2. The molecule has 3 aromatic rings. The summed E-state index contributed by atoms with van der Waals surface area (Å²) in [6, 6.07) is 11.7. The molecule has 158 valence electrons. The summed E-state index contributed by atoms with van der Waals surface area (Å²) in [7, 11) is 0. The number of anilines is 1. The Morgan fingerprint density at radius 2 is 1.83 bits per heavy atom. The summed E-state index contributed by atoms with van der Waals surface area (Å²) in [6.45, 7) is 8.45. The number of hydrogen-bond acceptors (Lipinski definition) is 6. The highest BCUT2D eigenvalue weighted by molar-refractivity contribution is 7.10. The monoisotopic (exact) mass is 422 g/mol. The Balaban J connectivity index is 1.40. The lowest BCUT2D eigenvalue weighted by Crippen LogP contribution is -2.48. The minimum absolute atomic E-state index is 0.140. The lowest BCUT2D eigenvalue weighted by atomic mass is 10.1. The number of rotatable bonds is 5. The second kappa shape index (κ2) is 8.47. The van der Waals surface area contributed by atoms with Crippen LogP contribution in [0, 0.1) is 13.8 Å². The predicted molar refractivity (Wildman–Crippen MR) is 121 cm³/mol. The third kappa shape index (κ3) is 3.76. The van der Waals surface area contributed by atoms with Crippen molar-refractivity contribution >= 4 is 17.0 Å². The highest BCUT2D eigenvalue weighted by atomic mass is 32.1. The molecule has 0 amide bonds. The number of tetrazole rings is 1. The first-order valence-corrected chi connectivity index (χ1v) is 12.0. The summed E-state index contributed by atoms with van der Waals surface area (Å²) in [4.78, 5) is 6.44. The zero-order valence-corrected chi connectivity index (χ0v) is 18.7. The van der Waals surface area contributed by atoms with Gasteiger partial charge >= 0.3 is 0 Å². The zero-order valence-electron chi connectivity index (χ0n) is 17.9. The van der Waals surface area contributed by atoms with E-state index in [9.17, 15) is 0 Å². The third-order valence-electron chi connectivity index (χ3n) is 6.63. The second-order valence-corrected chi connectivity index (χ2v) is 9.63. The first-order chi connectivity index (χ1) is 14.7. The van der Waals surface area contributed by atoms with Gasteiger partial charge in [-0.2, -0.15) is 0 Å². The molecule has 1 saturated carbocycles. The Morgan fingerprint density at radius 1 is 1.03 bits per heavy atom. The molecule has 0 N–H and O–H groups in total. The van der Waals surface area contributed by atoms with Gasteiger partial charge in [-0.15, -0.1) is 16.4 Å². The summed E-state index contributed by atoms with van der Waals surface area (Å²) in [5.41, 5.74) is 4.05. The van der Waals surface area contributed by atoms with E-state index >= 15 is 0 Å². The van der Waals surface area contributed by atoms with Gasteiger partial charge in [0.2, 0.25) is 0 Å². The quantitative estimate of drug-likeness (QED) is 0.611. The highest BCUT2D eigenvalue weighted by Crippen LogP contribution is 2.36. The van der Waals surface area contributed by atoms with Gasteiger partial charge in [0.15, 0.2) is 5.82 Å². The van der Waals surface area contributed by atoms with Gasteiger partial charge in [0.25, 0.3) is 0 Å². The van der Waals surface area contributed by atoms with Crippen molar-refractivity contribution < 1.29 is 0 Å². The van der Waals surface area contributed by atoms with Gasteiger partial charge in [-0.05, 0) is 65.8 Å². The molecule has 1 saturated heterocycles. The molecule has 7 heteroatoms. The van der Waals surface area contributed by atoms with Crippen LogP contribution in [0.25, 0.3) is 0 Å². The molecule has 0 radical (unpaired) electrons. The predicted octanol–water partition coefficient (Wildman–Crippen LogP) is 4.38. The zero-order chi connectivity index (χ0) is 20.5. The van der Waals surface area contributed by atoms with Crippen LogP contribution in [0.3, 0.4) is 0 Å². The fourth-order valence-electron chi connectivity index (χ4n) is 4.99. The summed E-state index contributed by atoms with van der Waals surface area (Å²) in [6.07, 6.45) is 4.94. The SMILES string of the molecule is Cc1ccc(C)c(N2CCN([C@@H](c3cccs3)c3nnnn3C3CCCC3)CC2)c1. The van der Waals surface area contributed by atoms with Gasteiger partial charge in [0.1, 0.15) is 6.04 Å². The first-order valence-electron chi connectivity index (χ1n) is 11.1. The van der Waals surface area contributed by atoms with Crippen LogP contribution in [0.4, 0.5) is 5.69 Å². The van der Waals surface area contributed by atoms with Crippen LogP contribution in [0.15, 0.2) is 35.7 Å². The molecule has 1 aliphatic carbocycles. The molecule has 0 spiro atoms. The number of thiophene rings is 1. The van der Waals surface area contributed by atoms with Crippen molar-refractivity contribution in [2.75, 3.05) is 31.1 Å². The van der Waals surface area contributed by atoms with E-state index in [0.29, 0.717) is 6.04 Å². The van der Waals surface area contributed by atoms with Crippen molar-refractivity contribution in [2.24, 2.45) is 0 Å². The molecule has 3 heterocycles. The van der Waals surface area contributed by atoms with Crippen LogP contribution in [-0.2, 0) is 0 Å². The fourth-order valence-corrected chi connectivity index (χ4v) is 5.84. The largest absolute Gasteiger partial charge is 0.369 e. The maximum Gasteiger partial charge on any atom is 0.174 e. The summed E-state index contributed by atoms with van der Waals surface area (Å²) in [5.74, 6) is 1.02. The molecule has 5 rings (SSSR count). The van der Waals surface area contributed by atoms with E-state index in [2.05, 4.69) is 79.6 Å². The van der Waals surface area contributed by atoms with Gasteiger partial charge in [0.05, 0.1) is 6.04 Å². The van der Waals surface area contributed by atoms with Crippen LogP contribution < -0.4 is 4.90 Å². The number of nitrogens with zero attached hydrogens (tertiary/aromatic N) is 6. The standard InChI is InChI=1S/C23H30N6S/c1-17-9-10-18(2)20(16-17)27-11-13-28(14-12-27)22(21-8-5-15-30-21)23-24-25-26-29(23)19-6-3-4-7-19/h5,8-10,15-16,19,22H,3-4,6-7,11-14H2,1-2H3/t22-/m0/s1. The minimum atomic E-state index is 0.140. The van der Waals surface area contributed by atoms with Crippen molar-refractivity contribution in [1.82, 2.24) is 25.1 Å². The van der Waals surface area contributed by atoms with Crippen LogP contribution >= 0.6 is 11.3 Å². The van der Waals surface area contributed by atoms with Crippen molar-refractivity contribution in [3.05, 3.63) is 57.5 Å². The molecular formula is C23H30N6S. The Bertz CT molecular complexity index is 968. The summed E-state index contributed by atoms with van der Waals surface area (Å²) in [5, 5.41) is 15.3. The molecule has 0 bridgehead atoms. The van der Waals surface area contributed by atoms with E-state index in [4.69, 9.17) is 0 Å². The van der Waals surface area contributed by atoms with Gasteiger partial charge in [-0.1, -0.05) is 31.0 Å². The Morgan fingerprint density at radius 3 is 2.57 bits per heavy atom. The number of piperazine rings is 1. The summed E-state index contributed by atoms with van der Waals surface area (Å²) >= 11 is 1.81. The summed E-state index contributed by atoms with van der Waals surface area (Å²) < 4.78 is 2.13. The average molecular weight is 423 g/mol. The Hall–Kier alpha value is -2.25. The van der Waals surface area contributed by atoms with E-state index < -0.39 is 0 Å². The normalized spacial score (nSPS) is 19.5. The second-order valence-electron chi connectivity index (χ2n) is 8.65. The van der Waals surface area contributed by atoms with E-state index in [1.54, 1.807) is 0 Å². The molecule has 2 aromatic heterocycles. The Labute approximate surface area is 182 Å². The van der Waals surface area contributed by atoms with Gasteiger partial charge in [0, 0.05) is 36.7 Å². The molecule has 1 aromatic carbocycles. The van der Waals surface area contributed by atoms with E-state index in [-0.39, 0.29) is 6.04 Å². The van der Waals surface area contributed by atoms with Crippen molar-refractivity contribution in [1.29, 1.82) is 0 Å². The average Bonchev–Trinajstić information content (AvgIpc) is 3.53. The van der Waals surface area contributed by atoms with Crippen LogP contribution in [0.1, 0.15) is 59.6 Å². The minimum Gasteiger partial charge on any atom is -0.369 e. The van der Waals surface area contributed by atoms with Crippen LogP contribution in [0.2, 0.25) is 0 Å². The molecule has 1 atom stereocenters. The Kier molecular flexibility index (Phi) is 5.56. The van der Waals surface area contributed by atoms with Gasteiger partial charge in [-0.3, -0.25) is 4.90 Å². The first kappa shape index (κ1) is 19.7. The van der Waals surface area contributed by atoms with Crippen molar-refractivity contribution in [2.45, 2.75) is 51.6 Å². The molecule has 0 unspecified atom stereocenters. The van der Waals surface area contributed by atoms with Gasteiger partial charge in [-0.25, -0.2) is 4.68 Å². The molecule has 2 fully saturated rings. The molecule has 1 aliphatic heterocycles.